The Labute approximate surface area is 258 Å². The molecule has 44 heavy (non-hydrogen) atoms. The molecule has 0 bridgehead atoms. The molecule has 0 aliphatic heterocycles. The Morgan fingerprint density at radius 3 is 1.61 bits per heavy atom. The number of rotatable bonds is 11. The van der Waals surface area contributed by atoms with E-state index in [-0.39, 0.29) is 19.3 Å². The SMILES string of the molecule is COC(=O)[C@@H](CC#Cc1ccccc1)NC(=O)[C@@H](Cc1ccccc1)NC(=O)[C@@H](Cc1ccccc1)NC(=O)OC(C)(C)C. The van der Waals surface area contributed by atoms with Crippen molar-refractivity contribution in [1.82, 2.24) is 16.0 Å². The molecule has 9 nitrogen and oxygen atoms in total. The molecule has 230 valence electrons. The number of esters is 1. The van der Waals surface area contributed by atoms with Crippen LogP contribution in [-0.4, -0.2) is 54.7 Å². The van der Waals surface area contributed by atoms with E-state index in [1.165, 1.54) is 7.11 Å². The first-order chi connectivity index (χ1) is 21.0. The van der Waals surface area contributed by atoms with E-state index in [2.05, 4.69) is 27.8 Å². The van der Waals surface area contributed by atoms with Gasteiger partial charge in [-0.25, -0.2) is 9.59 Å². The summed E-state index contributed by atoms with van der Waals surface area (Å²) in [6, 6.07) is 24.4. The number of hydrogen-bond donors (Lipinski definition) is 3. The second-order valence-electron chi connectivity index (χ2n) is 11.1. The second-order valence-corrected chi connectivity index (χ2v) is 11.1. The molecule has 0 aromatic heterocycles. The van der Waals surface area contributed by atoms with Crippen molar-refractivity contribution in [2.24, 2.45) is 0 Å². The van der Waals surface area contributed by atoms with E-state index in [1.807, 2.05) is 91.0 Å². The van der Waals surface area contributed by atoms with Gasteiger partial charge in [-0.2, -0.15) is 0 Å². The summed E-state index contributed by atoms with van der Waals surface area (Å²) in [6.07, 6.45) is -0.478. The van der Waals surface area contributed by atoms with E-state index in [0.29, 0.717) is 0 Å². The largest absolute Gasteiger partial charge is 0.467 e. The van der Waals surface area contributed by atoms with Crippen LogP contribution in [0.2, 0.25) is 0 Å². The summed E-state index contributed by atoms with van der Waals surface area (Å²) in [6.45, 7) is 5.17. The molecule has 3 atom stereocenters. The topological polar surface area (TPSA) is 123 Å². The molecule has 0 saturated carbocycles. The zero-order valence-corrected chi connectivity index (χ0v) is 25.5. The highest BCUT2D eigenvalue weighted by Gasteiger charge is 2.31. The number of methoxy groups -OCH3 is 1. The van der Waals surface area contributed by atoms with Crippen LogP contribution in [-0.2, 0) is 36.7 Å². The lowest BCUT2D eigenvalue weighted by molar-refractivity contribution is -0.145. The normalized spacial score (nSPS) is 12.7. The van der Waals surface area contributed by atoms with Crippen LogP contribution in [0.25, 0.3) is 0 Å². The molecule has 9 heteroatoms. The van der Waals surface area contributed by atoms with Gasteiger partial charge in [0.25, 0.3) is 0 Å². The van der Waals surface area contributed by atoms with Gasteiger partial charge in [0.2, 0.25) is 11.8 Å². The van der Waals surface area contributed by atoms with Crippen molar-refractivity contribution in [3.05, 3.63) is 108 Å². The summed E-state index contributed by atoms with van der Waals surface area (Å²) in [5.41, 5.74) is 1.57. The number of alkyl carbamates (subject to hydrolysis) is 1. The van der Waals surface area contributed by atoms with Gasteiger partial charge in [0, 0.05) is 24.8 Å². The van der Waals surface area contributed by atoms with E-state index in [0.717, 1.165) is 16.7 Å². The fraction of sp³-hybridized carbons (Fsp3) is 0.314. The molecule has 3 amide bonds. The van der Waals surface area contributed by atoms with E-state index in [1.54, 1.807) is 20.8 Å². The Morgan fingerprint density at radius 2 is 1.14 bits per heavy atom. The third kappa shape index (κ3) is 11.6. The molecule has 0 fully saturated rings. The summed E-state index contributed by atoms with van der Waals surface area (Å²) >= 11 is 0. The van der Waals surface area contributed by atoms with E-state index < -0.39 is 47.6 Å². The van der Waals surface area contributed by atoms with E-state index in [9.17, 15) is 19.2 Å². The van der Waals surface area contributed by atoms with Crippen molar-refractivity contribution in [2.75, 3.05) is 7.11 Å². The summed E-state index contributed by atoms with van der Waals surface area (Å²) < 4.78 is 10.3. The molecular weight excluding hydrogens is 558 g/mol. The van der Waals surface area contributed by atoms with Crippen molar-refractivity contribution in [2.45, 2.75) is 63.8 Å². The first-order valence-electron chi connectivity index (χ1n) is 14.3. The summed E-state index contributed by atoms with van der Waals surface area (Å²) in [4.78, 5) is 52.6. The fourth-order valence-corrected chi connectivity index (χ4v) is 4.22. The molecule has 0 saturated heterocycles. The Bertz CT molecular complexity index is 1440. The summed E-state index contributed by atoms with van der Waals surface area (Å²) in [7, 11) is 1.23. The van der Waals surface area contributed by atoms with E-state index in [4.69, 9.17) is 9.47 Å². The first kappa shape index (κ1) is 33.4. The van der Waals surface area contributed by atoms with E-state index >= 15 is 0 Å². The lowest BCUT2D eigenvalue weighted by atomic mass is 10.0. The molecule has 3 aromatic rings. The van der Waals surface area contributed by atoms with Gasteiger partial charge < -0.3 is 25.4 Å². The minimum absolute atomic E-state index is 0.00383. The molecule has 0 heterocycles. The van der Waals surface area contributed by atoms with Gasteiger partial charge in [0.05, 0.1) is 7.11 Å². The molecule has 0 aliphatic rings. The third-order valence-electron chi connectivity index (χ3n) is 6.32. The van der Waals surface area contributed by atoms with Crippen molar-refractivity contribution < 1.29 is 28.7 Å². The number of nitrogens with one attached hydrogen (secondary N) is 3. The third-order valence-corrected chi connectivity index (χ3v) is 6.32. The average molecular weight is 598 g/mol. The van der Waals surface area contributed by atoms with Gasteiger partial charge in [-0.1, -0.05) is 90.7 Å². The monoisotopic (exact) mass is 597 g/mol. The zero-order valence-electron chi connectivity index (χ0n) is 25.5. The Morgan fingerprint density at radius 1 is 0.682 bits per heavy atom. The van der Waals surface area contributed by atoms with Crippen LogP contribution in [0.5, 0.6) is 0 Å². The van der Waals surface area contributed by atoms with Gasteiger partial charge in [0.1, 0.15) is 23.7 Å². The number of hydrogen-bond acceptors (Lipinski definition) is 6. The molecule has 0 spiro atoms. The lowest BCUT2D eigenvalue weighted by Gasteiger charge is -2.26. The minimum atomic E-state index is -1.09. The van der Waals surface area contributed by atoms with Crippen molar-refractivity contribution >= 4 is 23.9 Å². The predicted molar refractivity (Wildman–Crippen MR) is 167 cm³/mol. The predicted octanol–water partition coefficient (Wildman–Crippen LogP) is 3.95. The molecule has 3 N–H and O–H groups in total. The van der Waals surface area contributed by atoms with Crippen LogP contribution in [0.4, 0.5) is 4.79 Å². The molecule has 3 aromatic carbocycles. The quantitative estimate of drug-likeness (QED) is 0.227. The lowest BCUT2D eigenvalue weighted by Crippen LogP contribution is -2.57. The smallest absolute Gasteiger partial charge is 0.408 e. The summed E-state index contributed by atoms with van der Waals surface area (Å²) in [5.74, 6) is 4.04. The minimum Gasteiger partial charge on any atom is -0.467 e. The Hall–Kier alpha value is -5.10. The van der Waals surface area contributed by atoms with Crippen LogP contribution in [0.15, 0.2) is 91.0 Å². The summed E-state index contributed by atoms with van der Waals surface area (Å²) in [5, 5.41) is 8.13. The Kier molecular flexibility index (Phi) is 12.5. The van der Waals surface area contributed by atoms with Crippen LogP contribution < -0.4 is 16.0 Å². The standard InChI is InChI=1S/C35H39N3O6/c1-35(2,3)44-34(42)38-30(24-27-19-12-7-13-20-27)32(40)37-29(23-26-17-10-6-11-18-26)31(39)36-28(33(41)43-4)22-14-21-25-15-8-5-9-16-25/h5-13,15-20,28-30H,22-24H2,1-4H3,(H,36,39)(H,37,40)(H,38,42)/t28-,29-,30-/m1/s1. The van der Waals surface area contributed by atoms with Gasteiger partial charge >= 0.3 is 12.1 Å². The Balaban J connectivity index is 1.83. The number of carbonyl (C=O) groups is 4. The van der Waals surface area contributed by atoms with Crippen molar-refractivity contribution in [3.8, 4) is 11.8 Å². The highest BCUT2D eigenvalue weighted by molar-refractivity contribution is 5.93. The van der Waals surface area contributed by atoms with Gasteiger partial charge in [-0.15, -0.1) is 0 Å². The highest BCUT2D eigenvalue weighted by Crippen LogP contribution is 2.11. The average Bonchev–Trinajstić information content (AvgIpc) is 3.00. The number of carbonyl (C=O) groups excluding carboxylic acids is 4. The van der Waals surface area contributed by atoms with Gasteiger partial charge in [-0.3, -0.25) is 9.59 Å². The van der Waals surface area contributed by atoms with Crippen LogP contribution in [0, 0.1) is 11.8 Å². The molecule has 0 unspecified atom stereocenters. The number of amides is 3. The maximum absolute atomic E-state index is 13.7. The fourth-order valence-electron chi connectivity index (χ4n) is 4.22. The van der Waals surface area contributed by atoms with Crippen LogP contribution in [0.1, 0.15) is 43.9 Å². The number of benzene rings is 3. The highest BCUT2D eigenvalue weighted by atomic mass is 16.6. The first-order valence-corrected chi connectivity index (χ1v) is 14.3. The zero-order chi connectivity index (χ0) is 32.0. The van der Waals surface area contributed by atoms with Crippen molar-refractivity contribution in [1.29, 1.82) is 0 Å². The maximum Gasteiger partial charge on any atom is 0.408 e. The van der Waals surface area contributed by atoms with Crippen LogP contribution >= 0.6 is 0 Å². The number of ether oxygens (including phenoxy) is 2. The van der Waals surface area contributed by atoms with Crippen LogP contribution in [0.3, 0.4) is 0 Å². The van der Waals surface area contributed by atoms with Crippen molar-refractivity contribution in [3.63, 3.8) is 0 Å². The molecule has 0 radical (unpaired) electrons. The van der Waals surface area contributed by atoms with Gasteiger partial charge in [-0.05, 0) is 44.0 Å². The molecule has 3 rings (SSSR count). The second kappa shape index (κ2) is 16.5. The maximum atomic E-state index is 13.7. The molecule has 0 aliphatic carbocycles. The molecular formula is C35H39N3O6. The van der Waals surface area contributed by atoms with Gasteiger partial charge in [0.15, 0.2) is 0 Å².